The van der Waals surface area contributed by atoms with Crippen molar-refractivity contribution in [2.45, 2.75) is 57.2 Å². The van der Waals surface area contributed by atoms with E-state index in [0.29, 0.717) is 12.6 Å². The first-order valence-corrected chi connectivity index (χ1v) is 13.9. The minimum absolute atomic E-state index is 0.146. The van der Waals surface area contributed by atoms with Crippen LogP contribution in [0.25, 0.3) is 0 Å². The molecule has 0 aliphatic carbocycles. The molecule has 2 fully saturated rings. The normalized spacial score (nSPS) is 24.7. The van der Waals surface area contributed by atoms with E-state index in [1.54, 1.807) is 0 Å². The third-order valence-corrected chi connectivity index (χ3v) is 8.49. The maximum absolute atomic E-state index is 6.35. The number of hydrogen-bond donors (Lipinski definition) is 2. The highest BCUT2D eigenvalue weighted by Crippen LogP contribution is 2.53. The Balaban J connectivity index is 1.34. The van der Waals surface area contributed by atoms with Crippen LogP contribution in [-0.4, -0.2) is 66.6 Å². The quantitative estimate of drug-likeness (QED) is 0.471. The number of hydrogen-bond acceptors (Lipinski definition) is 9. The molecule has 0 spiro atoms. The Kier molecular flexibility index (Phi) is 6.69. The highest BCUT2D eigenvalue weighted by molar-refractivity contribution is 5.71. The van der Waals surface area contributed by atoms with Crippen molar-refractivity contribution in [3.05, 3.63) is 59.9 Å². The van der Waals surface area contributed by atoms with E-state index in [1.807, 2.05) is 13.2 Å². The van der Waals surface area contributed by atoms with E-state index in [-0.39, 0.29) is 23.1 Å². The molecule has 2 N–H and O–H groups in total. The van der Waals surface area contributed by atoms with Gasteiger partial charge in [0, 0.05) is 47.7 Å². The van der Waals surface area contributed by atoms with Crippen molar-refractivity contribution in [3.63, 3.8) is 0 Å². The highest BCUT2D eigenvalue weighted by atomic mass is 16.5. The Bertz CT molecular complexity index is 1330. The van der Waals surface area contributed by atoms with Gasteiger partial charge in [0.2, 0.25) is 5.95 Å². The first-order chi connectivity index (χ1) is 18.8. The molecule has 2 aromatic heterocycles. The van der Waals surface area contributed by atoms with E-state index in [1.165, 1.54) is 5.69 Å². The lowest BCUT2D eigenvalue weighted by Crippen LogP contribution is -2.54. The molecule has 1 aromatic carbocycles. The standard InChI is InChI=1S/C30H39N7O2/c1-20(31-5)24-7-6-8-26(34-24)37-25-17-29(2,3)39-19-30(25,4)23-18-32-28(35-27(23)37)33-21-9-11-22(12-10-21)36-13-15-38-16-14-36/h6-12,18,20,25,31H,13-17,19H2,1-5H3,(H,32,33,35)/t20-,25-,30-/m0/s1. The molecule has 9 nitrogen and oxygen atoms in total. The number of fused-ring (bicyclic) bond motifs is 3. The first-order valence-electron chi connectivity index (χ1n) is 13.9. The van der Waals surface area contributed by atoms with Crippen molar-refractivity contribution >= 4 is 29.0 Å². The molecule has 3 aliphatic heterocycles. The fourth-order valence-electron chi connectivity index (χ4n) is 5.93. The summed E-state index contributed by atoms with van der Waals surface area (Å²) >= 11 is 0. The second-order valence-corrected chi connectivity index (χ2v) is 11.7. The molecule has 0 bridgehead atoms. The van der Waals surface area contributed by atoms with Crippen LogP contribution in [0.5, 0.6) is 0 Å². The number of benzene rings is 1. The predicted molar refractivity (Wildman–Crippen MR) is 154 cm³/mol. The number of nitrogens with one attached hydrogen (secondary N) is 2. The van der Waals surface area contributed by atoms with Gasteiger partial charge >= 0.3 is 0 Å². The van der Waals surface area contributed by atoms with E-state index >= 15 is 0 Å². The van der Waals surface area contributed by atoms with Crippen LogP contribution < -0.4 is 20.4 Å². The summed E-state index contributed by atoms with van der Waals surface area (Å²) in [5.74, 6) is 2.37. The number of morpholine rings is 1. The molecular formula is C30H39N7O2. The summed E-state index contributed by atoms with van der Waals surface area (Å²) in [6.45, 7) is 12.7. The van der Waals surface area contributed by atoms with Crippen molar-refractivity contribution < 1.29 is 9.47 Å². The predicted octanol–water partition coefficient (Wildman–Crippen LogP) is 4.71. The second-order valence-electron chi connectivity index (χ2n) is 11.7. The monoisotopic (exact) mass is 529 g/mol. The summed E-state index contributed by atoms with van der Waals surface area (Å²) in [4.78, 5) is 19.6. The molecule has 9 heteroatoms. The van der Waals surface area contributed by atoms with Gasteiger partial charge in [-0.15, -0.1) is 0 Å². The van der Waals surface area contributed by atoms with Crippen LogP contribution >= 0.6 is 0 Å². The van der Waals surface area contributed by atoms with Crippen LogP contribution in [0.3, 0.4) is 0 Å². The van der Waals surface area contributed by atoms with Crippen molar-refractivity contribution in [1.82, 2.24) is 20.3 Å². The van der Waals surface area contributed by atoms with Gasteiger partial charge in [-0.3, -0.25) is 0 Å². The van der Waals surface area contributed by atoms with Crippen LogP contribution in [0.15, 0.2) is 48.7 Å². The Hall–Kier alpha value is -3.27. The largest absolute Gasteiger partial charge is 0.378 e. The van der Waals surface area contributed by atoms with Gasteiger partial charge < -0.3 is 29.9 Å². The molecule has 3 atom stereocenters. The molecule has 206 valence electrons. The number of pyridine rings is 1. The van der Waals surface area contributed by atoms with Gasteiger partial charge in [-0.2, -0.15) is 4.98 Å². The molecule has 0 radical (unpaired) electrons. The Morgan fingerprint density at radius 2 is 1.79 bits per heavy atom. The van der Waals surface area contributed by atoms with E-state index < -0.39 is 0 Å². The number of anilines is 5. The third-order valence-electron chi connectivity index (χ3n) is 8.49. The van der Waals surface area contributed by atoms with Crippen LogP contribution in [0, 0.1) is 0 Å². The van der Waals surface area contributed by atoms with Gasteiger partial charge in [-0.1, -0.05) is 13.0 Å². The maximum Gasteiger partial charge on any atom is 0.229 e. The number of aromatic nitrogens is 3. The molecule has 6 rings (SSSR count). The summed E-state index contributed by atoms with van der Waals surface area (Å²) in [6.07, 6.45) is 2.83. The molecule has 2 saturated heterocycles. The third kappa shape index (κ3) is 4.83. The molecule has 3 aliphatic rings. The lowest BCUT2D eigenvalue weighted by atomic mass is 9.73. The minimum Gasteiger partial charge on any atom is -0.378 e. The van der Waals surface area contributed by atoms with Gasteiger partial charge in [0.15, 0.2) is 0 Å². The van der Waals surface area contributed by atoms with Crippen molar-refractivity contribution in [3.8, 4) is 0 Å². The number of rotatable bonds is 6. The van der Waals surface area contributed by atoms with E-state index in [2.05, 4.69) is 90.6 Å². The highest BCUT2D eigenvalue weighted by Gasteiger charge is 2.55. The molecule has 0 amide bonds. The average molecular weight is 530 g/mol. The minimum atomic E-state index is -0.241. The zero-order valence-electron chi connectivity index (χ0n) is 23.6. The lowest BCUT2D eigenvalue weighted by Gasteiger charge is -2.46. The van der Waals surface area contributed by atoms with Crippen LogP contribution in [-0.2, 0) is 14.9 Å². The van der Waals surface area contributed by atoms with Crippen LogP contribution in [0.2, 0.25) is 0 Å². The zero-order chi connectivity index (χ0) is 27.2. The first kappa shape index (κ1) is 26.0. The summed E-state index contributed by atoms with van der Waals surface area (Å²) < 4.78 is 11.8. The van der Waals surface area contributed by atoms with Crippen molar-refractivity contribution in [2.75, 3.05) is 55.1 Å². The Morgan fingerprint density at radius 3 is 2.54 bits per heavy atom. The van der Waals surface area contributed by atoms with E-state index in [9.17, 15) is 0 Å². The number of ether oxygens (including phenoxy) is 2. The average Bonchev–Trinajstić information content (AvgIpc) is 3.20. The molecule has 39 heavy (non-hydrogen) atoms. The smallest absolute Gasteiger partial charge is 0.229 e. The fourth-order valence-corrected chi connectivity index (χ4v) is 5.93. The van der Waals surface area contributed by atoms with Gasteiger partial charge in [-0.05, 0) is 70.6 Å². The number of nitrogens with zero attached hydrogens (tertiary/aromatic N) is 5. The topological polar surface area (TPSA) is 87.7 Å². The second kappa shape index (κ2) is 10.0. The Labute approximate surface area is 231 Å². The lowest BCUT2D eigenvalue weighted by molar-refractivity contribution is -0.0893. The maximum atomic E-state index is 6.35. The fraction of sp³-hybridized carbons (Fsp3) is 0.500. The van der Waals surface area contributed by atoms with Gasteiger partial charge in [0.05, 0.1) is 37.2 Å². The zero-order valence-corrected chi connectivity index (χ0v) is 23.6. The molecule has 0 unspecified atom stereocenters. The molecule has 5 heterocycles. The van der Waals surface area contributed by atoms with Gasteiger partial charge in [-0.25, -0.2) is 9.97 Å². The Morgan fingerprint density at radius 1 is 1.03 bits per heavy atom. The van der Waals surface area contributed by atoms with Gasteiger partial charge in [0.25, 0.3) is 0 Å². The van der Waals surface area contributed by atoms with Crippen molar-refractivity contribution in [1.29, 1.82) is 0 Å². The summed E-state index contributed by atoms with van der Waals surface area (Å²) in [6, 6.07) is 15.0. The summed E-state index contributed by atoms with van der Waals surface area (Å²) in [7, 11) is 1.96. The van der Waals surface area contributed by atoms with E-state index in [4.69, 9.17) is 24.4 Å². The summed E-state index contributed by atoms with van der Waals surface area (Å²) in [5, 5.41) is 6.74. The van der Waals surface area contributed by atoms with Crippen molar-refractivity contribution in [2.24, 2.45) is 0 Å². The molecular weight excluding hydrogens is 490 g/mol. The SMILES string of the molecule is CN[C@@H](C)c1cccc(N2c3nc(Nc4ccc(N5CCOCC5)cc4)ncc3[C@]3(C)COC(C)(C)C[C@H]23)n1. The van der Waals surface area contributed by atoms with E-state index in [0.717, 1.165) is 61.3 Å². The van der Waals surface area contributed by atoms with Crippen LogP contribution in [0.4, 0.5) is 29.0 Å². The summed E-state index contributed by atoms with van der Waals surface area (Å²) in [5.41, 5.74) is 3.78. The van der Waals surface area contributed by atoms with Crippen LogP contribution in [0.1, 0.15) is 51.4 Å². The molecule has 0 saturated carbocycles. The molecule has 3 aromatic rings. The van der Waals surface area contributed by atoms with Gasteiger partial charge in [0.1, 0.15) is 11.6 Å².